The monoisotopic (exact) mass is 234 g/mol. The van der Waals surface area contributed by atoms with Gasteiger partial charge in [-0.15, -0.1) is 11.3 Å². The van der Waals surface area contributed by atoms with Gasteiger partial charge in [0.15, 0.2) is 0 Å². The summed E-state index contributed by atoms with van der Waals surface area (Å²) in [6.45, 7) is 2.19. The van der Waals surface area contributed by atoms with E-state index in [1.165, 1.54) is 4.70 Å². The van der Waals surface area contributed by atoms with Crippen molar-refractivity contribution in [1.29, 1.82) is 0 Å². The highest BCUT2D eigenvalue weighted by molar-refractivity contribution is 7.17. The predicted octanol–water partition coefficient (Wildman–Crippen LogP) is 1.86. The number of piperidine rings is 1. The van der Waals surface area contributed by atoms with E-state index in [9.17, 15) is 0 Å². The van der Waals surface area contributed by atoms with E-state index in [1.54, 1.807) is 17.7 Å². The molecular weight excluding hydrogens is 220 g/mol. The molecule has 3 heterocycles. The van der Waals surface area contributed by atoms with Crippen molar-refractivity contribution in [3.63, 3.8) is 0 Å². The van der Waals surface area contributed by atoms with Crippen molar-refractivity contribution in [3.05, 3.63) is 17.8 Å². The van der Waals surface area contributed by atoms with Crippen LogP contribution in [-0.2, 0) is 0 Å². The van der Waals surface area contributed by atoms with Gasteiger partial charge in [-0.05, 0) is 37.4 Å². The van der Waals surface area contributed by atoms with Crippen molar-refractivity contribution in [2.45, 2.75) is 18.9 Å². The number of thiophene rings is 1. The Morgan fingerprint density at radius 3 is 3.06 bits per heavy atom. The first-order chi connectivity index (χ1) is 7.93. The van der Waals surface area contributed by atoms with Crippen LogP contribution in [0.25, 0.3) is 10.2 Å². The van der Waals surface area contributed by atoms with Crippen LogP contribution in [-0.4, -0.2) is 29.1 Å². The van der Waals surface area contributed by atoms with Crippen LogP contribution in [0, 0.1) is 0 Å². The summed E-state index contributed by atoms with van der Waals surface area (Å²) in [5, 5.41) is 8.95. The molecule has 0 amide bonds. The highest BCUT2D eigenvalue weighted by Gasteiger charge is 2.14. The van der Waals surface area contributed by atoms with Crippen molar-refractivity contribution in [3.8, 4) is 0 Å². The van der Waals surface area contributed by atoms with E-state index < -0.39 is 0 Å². The van der Waals surface area contributed by atoms with Crippen LogP contribution in [0.3, 0.4) is 0 Å². The average molecular weight is 234 g/mol. The standard InChI is InChI=1S/C11H14N4S/c1-4-12-5-2-8(1)15-11-10-9(3-6-16-10)13-7-14-11/h3,6-8,12H,1-2,4-5H2,(H,13,14,15). The molecule has 4 nitrogen and oxygen atoms in total. The number of nitrogens with one attached hydrogen (secondary N) is 2. The number of hydrogen-bond acceptors (Lipinski definition) is 5. The lowest BCUT2D eigenvalue weighted by Crippen LogP contribution is -2.35. The van der Waals surface area contributed by atoms with Gasteiger partial charge in [-0.1, -0.05) is 0 Å². The summed E-state index contributed by atoms with van der Waals surface area (Å²) in [6, 6.07) is 2.58. The summed E-state index contributed by atoms with van der Waals surface area (Å²) < 4.78 is 1.17. The molecule has 0 unspecified atom stereocenters. The summed E-state index contributed by atoms with van der Waals surface area (Å²) in [5.41, 5.74) is 1.04. The van der Waals surface area contributed by atoms with E-state index >= 15 is 0 Å². The molecule has 0 bridgehead atoms. The molecule has 0 aromatic carbocycles. The first kappa shape index (κ1) is 9.99. The van der Waals surface area contributed by atoms with Crippen LogP contribution >= 0.6 is 11.3 Å². The van der Waals surface area contributed by atoms with E-state index in [4.69, 9.17) is 0 Å². The quantitative estimate of drug-likeness (QED) is 0.832. The highest BCUT2D eigenvalue weighted by atomic mass is 32.1. The van der Waals surface area contributed by atoms with Gasteiger partial charge in [0.05, 0.1) is 10.2 Å². The van der Waals surface area contributed by atoms with Crippen LogP contribution in [0.2, 0.25) is 0 Å². The number of anilines is 1. The molecule has 2 N–H and O–H groups in total. The van der Waals surface area contributed by atoms with Gasteiger partial charge >= 0.3 is 0 Å². The highest BCUT2D eigenvalue weighted by Crippen LogP contribution is 2.26. The maximum Gasteiger partial charge on any atom is 0.147 e. The third kappa shape index (κ3) is 1.88. The average Bonchev–Trinajstić information content (AvgIpc) is 2.80. The summed E-state index contributed by atoms with van der Waals surface area (Å²) in [5.74, 6) is 0.992. The Morgan fingerprint density at radius 1 is 1.31 bits per heavy atom. The smallest absolute Gasteiger partial charge is 0.147 e. The summed E-state index contributed by atoms with van der Waals surface area (Å²) in [6.07, 6.45) is 3.96. The second-order valence-electron chi connectivity index (χ2n) is 4.03. The molecule has 0 atom stereocenters. The molecule has 1 aliphatic rings. The Labute approximate surface area is 98.1 Å². The fraction of sp³-hybridized carbons (Fsp3) is 0.455. The van der Waals surface area contributed by atoms with Crippen LogP contribution in [0.15, 0.2) is 17.8 Å². The van der Waals surface area contributed by atoms with Crippen LogP contribution in [0.1, 0.15) is 12.8 Å². The van der Waals surface area contributed by atoms with Gasteiger partial charge in [-0.3, -0.25) is 0 Å². The Hall–Kier alpha value is -1.20. The van der Waals surface area contributed by atoms with E-state index in [0.29, 0.717) is 6.04 Å². The molecule has 1 saturated heterocycles. The van der Waals surface area contributed by atoms with Gasteiger partial charge in [0, 0.05) is 6.04 Å². The van der Waals surface area contributed by atoms with E-state index in [2.05, 4.69) is 26.0 Å². The van der Waals surface area contributed by atoms with Gasteiger partial charge < -0.3 is 10.6 Å². The molecule has 3 rings (SSSR count). The topological polar surface area (TPSA) is 49.8 Å². The lowest BCUT2D eigenvalue weighted by molar-refractivity contribution is 0.478. The molecule has 5 heteroatoms. The second kappa shape index (κ2) is 4.35. The number of nitrogens with zero attached hydrogens (tertiary/aromatic N) is 2. The van der Waals surface area contributed by atoms with E-state index in [1.807, 2.05) is 6.07 Å². The van der Waals surface area contributed by atoms with E-state index in [0.717, 1.165) is 37.3 Å². The minimum Gasteiger partial charge on any atom is -0.366 e. The van der Waals surface area contributed by atoms with Crippen molar-refractivity contribution in [2.75, 3.05) is 18.4 Å². The molecule has 2 aromatic rings. The predicted molar refractivity (Wildman–Crippen MR) is 66.9 cm³/mol. The normalized spacial score (nSPS) is 17.8. The summed E-state index contributed by atoms with van der Waals surface area (Å²) in [4.78, 5) is 8.58. The van der Waals surface area contributed by atoms with Gasteiger partial charge in [-0.2, -0.15) is 0 Å². The van der Waals surface area contributed by atoms with Crippen LogP contribution in [0.5, 0.6) is 0 Å². The molecule has 1 fully saturated rings. The lowest BCUT2D eigenvalue weighted by Gasteiger charge is -2.24. The van der Waals surface area contributed by atoms with Crippen LogP contribution in [0.4, 0.5) is 5.82 Å². The maximum atomic E-state index is 4.34. The molecule has 2 aromatic heterocycles. The maximum absolute atomic E-state index is 4.34. The van der Waals surface area contributed by atoms with Gasteiger partial charge in [-0.25, -0.2) is 9.97 Å². The van der Waals surface area contributed by atoms with E-state index in [-0.39, 0.29) is 0 Å². The number of hydrogen-bond donors (Lipinski definition) is 2. The number of rotatable bonds is 2. The Kier molecular flexibility index (Phi) is 2.71. The first-order valence-corrected chi connectivity index (χ1v) is 6.47. The van der Waals surface area contributed by atoms with Gasteiger partial charge in [0.25, 0.3) is 0 Å². The number of fused-ring (bicyclic) bond motifs is 1. The summed E-state index contributed by atoms with van der Waals surface area (Å²) >= 11 is 1.70. The SMILES string of the molecule is c1nc(NC2CCNCC2)c2sccc2n1. The van der Waals surface area contributed by atoms with Crippen LogP contribution < -0.4 is 10.6 Å². The minimum atomic E-state index is 0.543. The molecular formula is C11H14N4S. The first-order valence-electron chi connectivity index (χ1n) is 5.59. The molecule has 16 heavy (non-hydrogen) atoms. The Balaban J connectivity index is 1.85. The third-order valence-electron chi connectivity index (χ3n) is 2.92. The molecule has 0 saturated carbocycles. The number of aromatic nitrogens is 2. The fourth-order valence-corrected chi connectivity index (χ4v) is 2.85. The van der Waals surface area contributed by atoms with Crippen molar-refractivity contribution >= 4 is 27.4 Å². The zero-order valence-corrected chi connectivity index (χ0v) is 9.76. The Morgan fingerprint density at radius 2 is 2.19 bits per heavy atom. The minimum absolute atomic E-state index is 0.543. The zero-order chi connectivity index (χ0) is 10.8. The Bertz CT molecular complexity index is 476. The van der Waals surface area contributed by atoms with Gasteiger partial charge in [0.2, 0.25) is 0 Å². The van der Waals surface area contributed by atoms with Gasteiger partial charge in [0.1, 0.15) is 12.1 Å². The van der Waals surface area contributed by atoms with Crippen molar-refractivity contribution in [1.82, 2.24) is 15.3 Å². The molecule has 0 radical (unpaired) electrons. The lowest BCUT2D eigenvalue weighted by atomic mass is 10.1. The van der Waals surface area contributed by atoms with Crippen molar-refractivity contribution < 1.29 is 0 Å². The molecule has 0 aliphatic carbocycles. The van der Waals surface area contributed by atoms with Crippen molar-refractivity contribution in [2.24, 2.45) is 0 Å². The second-order valence-corrected chi connectivity index (χ2v) is 4.94. The molecule has 1 aliphatic heterocycles. The summed E-state index contributed by atoms with van der Waals surface area (Å²) in [7, 11) is 0. The molecule has 0 spiro atoms. The largest absolute Gasteiger partial charge is 0.366 e. The zero-order valence-electron chi connectivity index (χ0n) is 8.94. The third-order valence-corrected chi connectivity index (χ3v) is 3.83. The molecule has 84 valence electrons. The fourth-order valence-electron chi connectivity index (χ4n) is 2.05.